The number of thiophene rings is 1. The van der Waals surface area contributed by atoms with Gasteiger partial charge in [0.1, 0.15) is 10.4 Å². The van der Waals surface area contributed by atoms with Crippen molar-refractivity contribution < 1.29 is 4.74 Å². The summed E-state index contributed by atoms with van der Waals surface area (Å²) in [4.78, 5) is 27.1. The Balaban J connectivity index is 1.93. The largest absolute Gasteiger partial charge is 0.491 e. The molecule has 22 heavy (non-hydrogen) atoms. The zero-order chi connectivity index (χ0) is 15.7. The number of ether oxygens (including phenoxy) is 1. The molecule has 5 nitrogen and oxygen atoms in total. The summed E-state index contributed by atoms with van der Waals surface area (Å²) in [6.45, 7) is 4.16. The van der Waals surface area contributed by atoms with Gasteiger partial charge >= 0.3 is 5.69 Å². The highest BCUT2D eigenvalue weighted by molar-refractivity contribution is 7.17. The summed E-state index contributed by atoms with van der Waals surface area (Å²) in [5.74, 6) is 0.772. The second-order valence-corrected chi connectivity index (χ2v) is 6.21. The van der Waals surface area contributed by atoms with Crippen molar-refractivity contribution in [3.8, 4) is 5.75 Å². The van der Waals surface area contributed by atoms with E-state index in [1.807, 2.05) is 38.1 Å². The highest BCUT2D eigenvalue weighted by Gasteiger charge is 2.09. The second-order valence-electron chi connectivity index (χ2n) is 5.30. The van der Waals surface area contributed by atoms with E-state index in [0.717, 1.165) is 11.3 Å². The molecule has 0 bridgehead atoms. The maximum atomic E-state index is 12.4. The molecule has 0 spiro atoms. The topological polar surface area (TPSA) is 64.1 Å². The van der Waals surface area contributed by atoms with Gasteiger partial charge in [0, 0.05) is 0 Å². The van der Waals surface area contributed by atoms with Crippen molar-refractivity contribution >= 4 is 21.6 Å². The van der Waals surface area contributed by atoms with E-state index in [1.165, 1.54) is 15.9 Å². The number of aromatic amines is 1. The van der Waals surface area contributed by atoms with Crippen LogP contribution in [0.25, 0.3) is 10.2 Å². The highest BCUT2D eigenvalue weighted by Crippen LogP contribution is 2.15. The number of nitrogens with zero attached hydrogens (tertiary/aromatic N) is 1. The maximum absolute atomic E-state index is 12.4. The SMILES string of the molecule is CC(C)Oc1ccc(Cn2c(=O)[nH]c3ccsc3c2=O)cc1. The Hall–Kier alpha value is -2.34. The van der Waals surface area contributed by atoms with E-state index in [2.05, 4.69) is 4.98 Å². The summed E-state index contributed by atoms with van der Waals surface area (Å²) >= 11 is 1.33. The van der Waals surface area contributed by atoms with Crippen LogP contribution < -0.4 is 16.0 Å². The Kier molecular flexibility index (Phi) is 3.85. The molecule has 114 valence electrons. The van der Waals surface area contributed by atoms with Crippen molar-refractivity contribution in [2.45, 2.75) is 26.5 Å². The lowest BCUT2D eigenvalue weighted by molar-refractivity contribution is 0.242. The molecule has 6 heteroatoms. The fourth-order valence-electron chi connectivity index (χ4n) is 2.24. The predicted octanol–water partition coefficient (Wildman–Crippen LogP) is 2.59. The molecule has 0 radical (unpaired) electrons. The first-order chi connectivity index (χ1) is 10.5. The van der Waals surface area contributed by atoms with Crippen molar-refractivity contribution in [1.29, 1.82) is 0 Å². The molecular formula is C16H16N2O3S. The fourth-order valence-corrected chi connectivity index (χ4v) is 3.04. The lowest BCUT2D eigenvalue weighted by Crippen LogP contribution is -2.34. The van der Waals surface area contributed by atoms with Gasteiger partial charge in [0.05, 0.1) is 18.2 Å². The molecule has 0 saturated heterocycles. The Labute approximate surface area is 130 Å². The molecular weight excluding hydrogens is 300 g/mol. The van der Waals surface area contributed by atoms with Crippen molar-refractivity contribution in [3.63, 3.8) is 0 Å². The molecule has 3 aromatic rings. The normalized spacial score (nSPS) is 11.2. The van der Waals surface area contributed by atoms with Crippen LogP contribution >= 0.6 is 11.3 Å². The number of H-pyrrole nitrogens is 1. The average Bonchev–Trinajstić information content (AvgIpc) is 2.93. The molecule has 0 amide bonds. The molecule has 0 aliphatic carbocycles. The minimum absolute atomic E-state index is 0.109. The van der Waals surface area contributed by atoms with E-state index in [-0.39, 0.29) is 18.2 Å². The zero-order valence-electron chi connectivity index (χ0n) is 12.3. The second kappa shape index (κ2) is 5.81. The molecule has 1 N–H and O–H groups in total. The number of hydrogen-bond acceptors (Lipinski definition) is 4. The maximum Gasteiger partial charge on any atom is 0.329 e. The first kappa shape index (κ1) is 14.6. The third kappa shape index (κ3) is 2.82. The Morgan fingerprint density at radius 2 is 1.91 bits per heavy atom. The van der Waals surface area contributed by atoms with Gasteiger partial charge in [0.25, 0.3) is 5.56 Å². The molecule has 0 unspecified atom stereocenters. The molecule has 0 saturated carbocycles. The Bertz CT molecular complexity index is 904. The number of rotatable bonds is 4. The van der Waals surface area contributed by atoms with Crippen LogP contribution in [-0.2, 0) is 6.54 Å². The predicted molar refractivity (Wildman–Crippen MR) is 88.0 cm³/mol. The van der Waals surface area contributed by atoms with E-state index >= 15 is 0 Å². The third-order valence-corrected chi connectivity index (χ3v) is 4.13. The number of aromatic nitrogens is 2. The van der Waals surface area contributed by atoms with Gasteiger partial charge in [-0.2, -0.15) is 0 Å². The molecule has 0 aliphatic rings. The first-order valence-electron chi connectivity index (χ1n) is 7.00. The van der Waals surface area contributed by atoms with Crippen molar-refractivity contribution in [2.75, 3.05) is 0 Å². The minimum atomic E-state index is -0.390. The van der Waals surface area contributed by atoms with E-state index in [0.29, 0.717) is 10.2 Å². The highest BCUT2D eigenvalue weighted by atomic mass is 32.1. The van der Waals surface area contributed by atoms with Gasteiger partial charge in [0.15, 0.2) is 0 Å². The van der Waals surface area contributed by atoms with Gasteiger partial charge < -0.3 is 9.72 Å². The van der Waals surface area contributed by atoms with Crippen LogP contribution in [0.15, 0.2) is 45.3 Å². The number of hydrogen-bond donors (Lipinski definition) is 1. The van der Waals surface area contributed by atoms with Crippen LogP contribution in [0.1, 0.15) is 19.4 Å². The zero-order valence-corrected chi connectivity index (χ0v) is 13.1. The molecule has 2 heterocycles. The summed E-state index contributed by atoms with van der Waals surface area (Å²) in [6, 6.07) is 9.16. The van der Waals surface area contributed by atoms with Crippen LogP contribution in [0, 0.1) is 0 Å². The lowest BCUT2D eigenvalue weighted by atomic mass is 10.2. The Morgan fingerprint density at radius 3 is 2.59 bits per heavy atom. The molecule has 0 aliphatic heterocycles. The average molecular weight is 316 g/mol. The van der Waals surface area contributed by atoms with Gasteiger partial charge in [-0.25, -0.2) is 4.79 Å². The van der Waals surface area contributed by atoms with Crippen LogP contribution in [0.2, 0.25) is 0 Å². The summed E-state index contributed by atoms with van der Waals surface area (Å²) in [6.07, 6.45) is 0.109. The molecule has 1 aromatic carbocycles. The summed E-state index contributed by atoms with van der Waals surface area (Å²) in [5.41, 5.74) is 0.825. The van der Waals surface area contributed by atoms with Crippen LogP contribution in [0.4, 0.5) is 0 Å². The van der Waals surface area contributed by atoms with E-state index in [1.54, 1.807) is 11.4 Å². The monoisotopic (exact) mass is 316 g/mol. The summed E-state index contributed by atoms with van der Waals surface area (Å²) < 4.78 is 7.37. The smallest absolute Gasteiger partial charge is 0.329 e. The fraction of sp³-hybridized carbons (Fsp3) is 0.250. The summed E-state index contributed by atoms with van der Waals surface area (Å²) in [7, 11) is 0. The molecule has 0 fully saturated rings. The molecule has 3 rings (SSSR count). The van der Waals surface area contributed by atoms with Crippen molar-refractivity contribution in [2.24, 2.45) is 0 Å². The van der Waals surface area contributed by atoms with Gasteiger partial charge in [-0.15, -0.1) is 11.3 Å². The van der Waals surface area contributed by atoms with Gasteiger partial charge in [0.2, 0.25) is 0 Å². The molecule has 2 aromatic heterocycles. The number of nitrogens with one attached hydrogen (secondary N) is 1. The number of benzene rings is 1. The van der Waals surface area contributed by atoms with E-state index in [9.17, 15) is 9.59 Å². The Morgan fingerprint density at radius 1 is 1.18 bits per heavy atom. The quantitative estimate of drug-likeness (QED) is 0.804. The van der Waals surface area contributed by atoms with Gasteiger partial charge in [-0.05, 0) is 43.0 Å². The summed E-state index contributed by atoms with van der Waals surface area (Å²) in [5, 5.41) is 1.80. The standard InChI is InChI=1S/C16H16N2O3S/c1-10(2)21-12-5-3-11(4-6-12)9-18-15(19)14-13(7-8-22-14)17-16(18)20/h3-8,10H,9H2,1-2H3,(H,17,20). The third-order valence-electron chi connectivity index (χ3n) is 3.23. The van der Waals surface area contributed by atoms with Crippen molar-refractivity contribution in [3.05, 3.63) is 62.1 Å². The lowest BCUT2D eigenvalue weighted by Gasteiger charge is -2.10. The van der Waals surface area contributed by atoms with Gasteiger partial charge in [-0.3, -0.25) is 9.36 Å². The molecule has 0 atom stereocenters. The number of fused-ring (bicyclic) bond motifs is 1. The van der Waals surface area contributed by atoms with Crippen LogP contribution in [0.5, 0.6) is 5.75 Å². The first-order valence-corrected chi connectivity index (χ1v) is 7.88. The van der Waals surface area contributed by atoms with E-state index < -0.39 is 5.69 Å². The van der Waals surface area contributed by atoms with Gasteiger partial charge in [-0.1, -0.05) is 12.1 Å². The van der Waals surface area contributed by atoms with Crippen LogP contribution in [0.3, 0.4) is 0 Å². The van der Waals surface area contributed by atoms with Crippen molar-refractivity contribution in [1.82, 2.24) is 9.55 Å². The minimum Gasteiger partial charge on any atom is -0.491 e. The van der Waals surface area contributed by atoms with Crippen LogP contribution in [-0.4, -0.2) is 15.7 Å². The van der Waals surface area contributed by atoms with E-state index in [4.69, 9.17) is 4.74 Å².